The van der Waals surface area contributed by atoms with E-state index in [0.29, 0.717) is 5.56 Å². The summed E-state index contributed by atoms with van der Waals surface area (Å²) in [6, 6.07) is 8.07. The molecule has 0 saturated heterocycles. The lowest BCUT2D eigenvalue weighted by molar-refractivity contribution is -0.166. The summed E-state index contributed by atoms with van der Waals surface area (Å²) in [7, 11) is 2.01. The van der Waals surface area contributed by atoms with Gasteiger partial charge >= 0.3 is 17.9 Å². The fraction of sp³-hybridized carbons (Fsp3) is 0.412. The van der Waals surface area contributed by atoms with Crippen molar-refractivity contribution in [3.63, 3.8) is 0 Å². The van der Waals surface area contributed by atoms with Gasteiger partial charge < -0.3 is 14.2 Å². The largest absolute Gasteiger partial charge is 0.467 e. The molecule has 0 bridgehead atoms. The number of esters is 3. The van der Waals surface area contributed by atoms with Crippen LogP contribution in [0.15, 0.2) is 30.3 Å². The summed E-state index contributed by atoms with van der Waals surface area (Å²) in [6.45, 7) is 1.52. The first-order chi connectivity index (χ1) is 11.8. The number of methoxy groups -OCH3 is 2. The van der Waals surface area contributed by atoms with Gasteiger partial charge in [-0.3, -0.25) is 9.59 Å². The van der Waals surface area contributed by atoms with Crippen LogP contribution in [0, 0.1) is 5.92 Å². The van der Waals surface area contributed by atoms with Crippen molar-refractivity contribution in [1.29, 1.82) is 0 Å². The van der Waals surface area contributed by atoms with Crippen LogP contribution in [0.4, 0.5) is 0 Å². The van der Waals surface area contributed by atoms with Crippen LogP contribution in [-0.4, -0.2) is 49.4 Å². The van der Waals surface area contributed by atoms with Crippen molar-refractivity contribution in [3.8, 4) is 0 Å². The van der Waals surface area contributed by atoms with Gasteiger partial charge in [0.2, 0.25) is 0 Å². The molecule has 0 N–H and O–H groups in total. The molecule has 1 atom stereocenters. The molecule has 8 heteroatoms. The first kappa shape index (κ1) is 20.6. The molecular weight excluding hydrogens is 352 g/mol. The van der Waals surface area contributed by atoms with Crippen molar-refractivity contribution in [2.75, 3.05) is 20.8 Å². The zero-order valence-corrected chi connectivity index (χ0v) is 14.9. The Balaban J connectivity index is 3.30. The second kappa shape index (κ2) is 9.17. The zero-order chi connectivity index (χ0) is 19.0. The fourth-order valence-electron chi connectivity index (χ4n) is 2.22. The molecule has 0 heterocycles. The van der Waals surface area contributed by atoms with E-state index in [2.05, 4.69) is 9.47 Å². The van der Waals surface area contributed by atoms with Crippen LogP contribution in [0.3, 0.4) is 0 Å². The molecule has 1 aromatic carbocycles. The van der Waals surface area contributed by atoms with Gasteiger partial charge in [-0.05, 0) is 6.92 Å². The Hall–Kier alpha value is -2.41. The van der Waals surface area contributed by atoms with Crippen molar-refractivity contribution >= 4 is 35.3 Å². The molecule has 136 valence electrons. The molecule has 1 aromatic rings. The summed E-state index contributed by atoms with van der Waals surface area (Å²) in [5, 5.41) is 0. The predicted octanol–water partition coefficient (Wildman–Crippen LogP) is 1.76. The molecule has 1 unspecified atom stereocenters. The van der Waals surface area contributed by atoms with Crippen molar-refractivity contribution in [2.45, 2.75) is 18.2 Å². The highest BCUT2D eigenvalue weighted by atomic mass is 35.5. The first-order valence-corrected chi connectivity index (χ1v) is 7.81. The summed E-state index contributed by atoms with van der Waals surface area (Å²) in [5.74, 6) is -5.49. The van der Waals surface area contributed by atoms with Crippen LogP contribution in [0.5, 0.6) is 0 Å². The van der Waals surface area contributed by atoms with Crippen molar-refractivity contribution in [2.24, 2.45) is 5.92 Å². The smallest absolute Gasteiger partial charge is 0.339 e. The highest BCUT2D eigenvalue weighted by Crippen LogP contribution is 2.33. The number of alkyl halides is 1. The Morgan fingerprint density at radius 3 is 2.00 bits per heavy atom. The summed E-state index contributed by atoms with van der Waals surface area (Å²) in [4.78, 5) is 46.5. The van der Waals surface area contributed by atoms with E-state index in [0.717, 1.165) is 14.2 Å². The standard InChI is InChI=1S/C17H19ClO7/c1-4-25-14(20)12(10-13(19)11-8-6-5-7-9-11)17(18,15(21)23-2)16(22)24-3/h5-9,12H,4,10H2,1-3H3. The number of benzene rings is 1. The van der Waals surface area contributed by atoms with Gasteiger partial charge in [-0.2, -0.15) is 0 Å². The maximum absolute atomic E-state index is 12.5. The third-order valence-electron chi connectivity index (χ3n) is 3.50. The number of hydrogen-bond donors (Lipinski definition) is 0. The lowest BCUT2D eigenvalue weighted by Crippen LogP contribution is -2.53. The number of carbonyl (C=O) groups excluding carboxylic acids is 4. The van der Waals surface area contributed by atoms with Gasteiger partial charge in [0, 0.05) is 12.0 Å². The number of hydrogen-bond acceptors (Lipinski definition) is 7. The lowest BCUT2D eigenvalue weighted by Gasteiger charge is -2.28. The molecule has 7 nitrogen and oxygen atoms in total. The molecule has 1 rings (SSSR count). The number of halogens is 1. The normalized spacial score (nSPS) is 12.0. The average Bonchev–Trinajstić information content (AvgIpc) is 2.64. The van der Waals surface area contributed by atoms with Crippen molar-refractivity contribution < 1.29 is 33.4 Å². The molecule has 0 aliphatic carbocycles. The van der Waals surface area contributed by atoms with Crippen molar-refractivity contribution in [1.82, 2.24) is 0 Å². The molecule has 0 aliphatic heterocycles. The van der Waals surface area contributed by atoms with Gasteiger partial charge in [0.25, 0.3) is 4.87 Å². The number of ether oxygens (including phenoxy) is 3. The molecule has 0 fully saturated rings. The molecule has 0 amide bonds. The lowest BCUT2D eigenvalue weighted by atomic mass is 9.85. The maximum atomic E-state index is 12.5. The molecule has 0 saturated carbocycles. The molecule has 0 aliphatic rings. The van der Waals surface area contributed by atoms with Crippen molar-refractivity contribution in [3.05, 3.63) is 35.9 Å². The molecular formula is C17H19ClO7. The monoisotopic (exact) mass is 370 g/mol. The van der Waals surface area contributed by atoms with Gasteiger partial charge in [0.05, 0.1) is 20.8 Å². The van der Waals surface area contributed by atoms with Gasteiger partial charge in [-0.1, -0.05) is 41.9 Å². The number of Topliss-reactive ketones (excluding diaryl/α,β-unsaturated/α-hetero) is 1. The van der Waals surface area contributed by atoms with E-state index in [4.69, 9.17) is 16.3 Å². The zero-order valence-electron chi connectivity index (χ0n) is 14.1. The Labute approximate surface area is 150 Å². The van der Waals surface area contributed by atoms with Crippen LogP contribution in [-0.2, 0) is 28.6 Å². The quantitative estimate of drug-likeness (QED) is 0.226. The first-order valence-electron chi connectivity index (χ1n) is 7.43. The minimum atomic E-state index is -2.53. The van der Waals surface area contributed by atoms with E-state index in [-0.39, 0.29) is 6.61 Å². The van der Waals surface area contributed by atoms with E-state index >= 15 is 0 Å². The Bertz CT molecular complexity index is 626. The molecule has 25 heavy (non-hydrogen) atoms. The van der Waals surface area contributed by atoms with Gasteiger partial charge in [0.15, 0.2) is 5.78 Å². The summed E-state index contributed by atoms with van der Waals surface area (Å²) in [5.41, 5.74) is 0.297. The summed E-state index contributed by atoms with van der Waals surface area (Å²) < 4.78 is 14.0. The Morgan fingerprint density at radius 2 is 1.56 bits per heavy atom. The second-order valence-corrected chi connectivity index (χ2v) is 5.59. The molecule has 0 radical (unpaired) electrons. The summed E-state index contributed by atoms with van der Waals surface area (Å²) in [6.07, 6.45) is -0.531. The Kier molecular flexibility index (Phi) is 7.57. The molecule has 0 aromatic heterocycles. The second-order valence-electron chi connectivity index (χ2n) is 4.99. The number of rotatable bonds is 8. The minimum Gasteiger partial charge on any atom is -0.467 e. The highest BCUT2D eigenvalue weighted by molar-refractivity contribution is 6.46. The van der Waals surface area contributed by atoms with E-state index < -0.39 is 40.9 Å². The van der Waals surface area contributed by atoms with E-state index in [1.54, 1.807) is 25.1 Å². The predicted molar refractivity (Wildman–Crippen MR) is 88.1 cm³/mol. The third kappa shape index (κ3) is 4.57. The van der Waals surface area contributed by atoms with Gasteiger partial charge in [0.1, 0.15) is 5.92 Å². The van der Waals surface area contributed by atoms with Crippen LogP contribution < -0.4 is 0 Å². The van der Waals surface area contributed by atoms with Crippen LogP contribution in [0.2, 0.25) is 0 Å². The van der Waals surface area contributed by atoms with Crippen LogP contribution in [0.25, 0.3) is 0 Å². The van der Waals surface area contributed by atoms with E-state index in [9.17, 15) is 19.2 Å². The Morgan fingerprint density at radius 1 is 1.04 bits per heavy atom. The van der Waals surface area contributed by atoms with Gasteiger partial charge in [-0.25, -0.2) is 9.59 Å². The van der Waals surface area contributed by atoms with E-state index in [1.807, 2.05) is 0 Å². The highest BCUT2D eigenvalue weighted by Gasteiger charge is 2.57. The average molecular weight is 371 g/mol. The maximum Gasteiger partial charge on any atom is 0.339 e. The number of carbonyl (C=O) groups is 4. The van der Waals surface area contributed by atoms with Gasteiger partial charge in [-0.15, -0.1) is 0 Å². The van der Waals surface area contributed by atoms with E-state index in [1.165, 1.54) is 12.1 Å². The summed E-state index contributed by atoms with van der Waals surface area (Å²) >= 11 is 6.17. The topological polar surface area (TPSA) is 96.0 Å². The third-order valence-corrected chi connectivity index (χ3v) is 4.07. The van der Waals surface area contributed by atoms with Crippen LogP contribution in [0.1, 0.15) is 23.7 Å². The van der Waals surface area contributed by atoms with Crippen LogP contribution >= 0.6 is 11.6 Å². The number of ketones is 1. The molecule has 0 spiro atoms. The SMILES string of the molecule is CCOC(=O)C(CC(=O)c1ccccc1)C(Cl)(C(=O)OC)C(=O)OC. The minimum absolute atomic E-state index is 0.0236. The fourth-order valence-corrected chi connectivity index (χ4v) is 2.54.